The number of nitrogens with zero attached hydrogens (tertiary/aromatic N) is 1. The summed E-state index contributed by atoms with van der Waals surface area (Å²) in [7, 11) is 3.35. The van der Waals surface area contributed by atoms with Crippen LogP contribution in [0.1, 0.15) is 42.7 Å². The highest BCUT2D eigenvalue weighted by Gasteiger charge is 2.27. The van der Waals surface area contributed by atoms with Crippen molar-refractivity contribution >= 4 is 10.9 Å². The summed E-state index contributed by atoms with van der Waals surface area (Å²) in [5.41, 5.74) is 6.25. The van der Waals surface area contributed by atoms with Gasteiger partial charge in [-0.25, -0.2) is 0 Å². The van der Waals surface area contributed by atoms with Crippen LogP contribution in [0.4, 0.5) is 0 Å². The van der Waals surface area contributed by atoms with Crippen molar-refractivity contribution in [3.05, 3.63) is 47.5 Å². The predicted molar refractivity (Wildman–Crippen MR) is 131 cm³/mol. The molecular formula is C27H35N3O2. The summed E-state index contributed by atoms with van der Waals surface area (Å²) < 4.78 is 10.9. The number of hydrogen-bond acceptors (Lipinski definition) is 4. The van der Waals surface area contributed by atoms with Crippen LogP contribution in [0.25, 0.3) is 22.2 Å². The van der Waals surface area contributed by atoms with Crippen molar-refractivity contribution in [2.24, 2.45) is 0 Å². The topological polar surface area (TPSA) is 49.5 Å². The number of aromatic nitrogens is 1. The summed E-state index contributed by atoms with van der Waals surface area (Å²) >= 11 is 0. The van der Waals surface area contributed by atoms with Crippen molar-refractivity contribution in [3.8, 4) is 22.8 Å². The number of methoxy groups -OCH3 is 2. The van der Waals surface area contributed by atoms with Crippen LogP contribution in [0.3, 0.4) is 0 Å². The maximum absolute atomic E-state index is 5.52. The monoisotopic (exact) mass is 433 g/mol. The molecule has 3 aromatic rings. The van der Waals surface area contributed by atoms with Crippen molar-refractivity contribution in [2.75, 3.05) is 40.4 Å². The fourth-order valence-corrected chi connectivity index (χ4v) is 5.65. The van der Waals surface area contributed by atoms with Gasteiger partial charge in [0, 0.05) is 28.2 Å². The second-order valence-electron chi connectivity index (χ2n) is 9.29. The van der Waals surface area contributed by atoms with Gasteiger partial charge in [0.1, 0.15) is 0 Å². The van der Waals surface area contributed by atoms with Gasteiger partial charge in [0.2, 0.25) is 0 Å². The van der Waals surface area contributed by atoms with E-state index >= 15 is 0 Å². The van der Waals surface area contributed by atoms with Crippen molar-refractivity contribution < 1.29 is 9.47 Å². The molecule has 0 atom stereocenters. The van der Waals surface area contributed by atoms with Crippen LogP contribution in [0.2, 0.25) is 0 Å². The number of fused-ring (bicyclic) bond motifs is 1. The fourth-order valence-electron chi connectivity index (χ4n) is 5.65. The van der Waals surface area contributed by atoms with Gasteiger partial charge in [-0.2, -0.15) is 0 Å². The molecule has 170 valence electrons. The number of H-pyrrole nitrogens is 1. The molecule has 3 heterocycles. The molecule has 2 aromatic carbocycles. The Morgan fingerprint density at radius 3 is 2.34 bits per heavy atom. The number of benzene rings is 2. The second kappa shape index (κ2) is 9.16. The molecule has 0 bridgehead atoms. The quantitative estimate of drug-likeness (QED) is 0.588. The van der Waals surface area contributed by atoms with Gasteiger partial charge in [-0.15, -0.1) is 0 Å². The Hall–Kier alpha value is -2.50. The first-order valence-electron chi connectivity index (χ1n) is 12.0. The zero-order valence-electron chi connectivity index (χ0n) is 19.5. The van der Waals surface area contributed by atoms with Crippen LogP contribution < -0.4 is 14.8 Å². The first kappa shape index (κ1) is 21.4. The van der Waals surface area contributed by atoms with Gasteiger partial charge in [0.15, 0.2) is 11.5 Å². The molecule has 0 radical (unpaired) electrons. The molecule has 5 rings (SSSR count). The third-order valence-corrected chi connectivity index (χ3v) is 7.58. The van der Waals surface area contributed by atoms with Gasteiger partial charge in [0.25, 0.3) is 0 Å². The Morgan fingerprint density at radius 1 is 0.875 bits per heavy atom. The number of hydrogen-bond donors (Lipinski definition) is 2. The van der Waals surface area contributed by atoms with E-state index < -0.39 is 0 Å². The highest BCUT2D eigenvalue weighted by atomic mass is 16.5. The second-order valence-corrected chi connectivity index (χ2v) is 9.29. The zero-order valence-corrected chi connectivity index (χ0v) is 19.5. The largest absolute Gasteiger partial charge is 0.493 e. The van der Waals surface area contributed by atoms with E-state index in [1.54, 1.807) is 14.2 Å². The molecule has 2 saturated heterocycles. The van der Waals surface area contributed by atoms with Crippen LogP contribution >= 0.6 is 0 Å². The third kappa shape index (κ3) is 4.00. The number of aryl methyl sites for hydroxylation is 1. The molecule has 0 unspecified atom stereocenters. The van der Waals surface area contributed by atoms with Gasteiger partial charge in [-0.05, 0) is 106 Å². The summed E-state index contributed by atoms with van der Waals surface area (Å²) in [6.45, 7) is 7.04. The van der Waals surface area contributed by atoms with Gasteiger partial charge in [0.05, 0.1) is 14.2 Å². The van der Waals surface area contributed by atoms with Gasteiger partial charge in [-0.3, -0.25) is 0 Å². The lowest BCUT2D eigenvalue weighted by Gasteiger charge is -2.39. The first-order chi connectivity index (χ1) is 15.7. The standard InChI is InChI=1S/C27H35N3O2/c1-18-23-16-20(19-10-14-30(15-11-19)22-8-12-28-13-9-22)4-6-24(23)29-27(18)21-5-7-25(31-2)26(17-21)32-3/h4-7,16-17,19,22,28-29H,8-15H2,1-3H3. The van der Waals surface area contributed by atoms with E-state index in [0.717, 1.165) is 28.8 Å². The van der Waals surface area contributed by atoms with E-state index in [0.29, 0.717) is 5.92 Å². The average molecular weight is 434 g/mol. The minimum absolute atomic E-state index is 0.663. The van der Waals surface area contributed by atoms with E-state index in [1.165, 1.54) is 73.9 Å². The lowest BCUT2D eigenvalue weighted by atomic mass is 9.87. The molecular weight excluding hydrogens is 398 g/mol. The normalized spacial score (nSPS) is 18.8. The maximum Gasteiger partial charge on any atom is 0.161 e. The molecule has 5 heteroatoms. The third-order valence-electron chi connectivity index (χ3n) is 7.58. The Bertz CT molecular complexity index is 1080. The number of rotatable bonds is 5. The number of piperidine rings is 2. The maximum atomic E-state index is 5.52. The minimum Gasteiger partial charge on any atom is -0.493 e. The Labute approximate surface area is 191 Å². The lowest BCUT2D eigenvalue weighted by molar-refractivity contribution is 0.127. The summed E-state index contributed by atoms with van der Waals surface area (Å²) in [4.78, 5) is 6.38. The van der Waals surface area contributed by atoms with Crippen LogP contribution in [0, 0.1) is 6.92 Å². The fraction of sp³-hybridized carbons (Fsp3) is 0.481. The molecule has 2 aliphatic rings. The van der Waals surface area contributed by atoms with Crippen LogP contribution in [-0.2, 0) is 0 Å². The Kier molecular flexibility index (Phi) is 6.11. The highest BCUT2D eigenvalue weighted by molar-refractivity contribution is 5.91. The zero-order chi connectivity index (χ0) is 22.1. The number of aromatic amines is 1. The average Bonchev–Trinajstić information content (AvgIpc) is 3.20. The van der Waals surface area contributed by atoms with Crippen LogP contribution in [0.5, 0.6) is 11.5 Å². The lowest BCUT2D eigenvalue weighted by Crippen LogP contribution is -2.46. The van der Waals surface area contributed by atoms with Crippen LogP contribution in [0.15, 0.2) is 36.4 Å². The molecule has 0 saturated carbocycles. The van der Waals surface area contributed by atoms with E-state index in [1.807, 2.05) is 12.1 Å². The molecule has 1 aromatic heterocycles. The van der Waals surface area contributed by atoms with Crippen molar-refractivity contribution in [2.45, 2.75) is 44.6 Å². The summed E-state index contributed by atoms with van der Waals surface area (Å²) in [6, 6.07) is 13.9. The number of likely N-dealkylation sites (tertiary alicyclic amines) is 1. The van der Waals surface area contributed by atoms with Crippen LogP contribution in [-0.4, -0.2) is 56.3 Å². The highest BCUT2D eigenvalue weighted by Crippen LogP contribution is 2.37. The van der Waals surface area contributed by atoms with Crippen molar-refractivity contribution in [3.63, 3.8) is 0 Å². The molecule has 0 aliphatic carbocycles. The molecule has 0 spiro atoms. The number of nitrogens with one attached hydrogen (secondary N) is 2. The van der Waals surface area contributed by atoms with Gasteiger partial charge in [-0.1, -0.05) is 6.07 Å². The molecule has 0 amide bonds. The molecule has 2 aliphatic heterocycles. The number of ether oxygens (including phenoxy) is 2. The summed E-state index contributed by atoms with van der Waals surface area (Å²) in [6.07, 6.45) is 5.14. The first-order valence-corrected chi connectivity index (χ1v) is 12.0. The van der Waals surface area contributed by atoms with E-state index in [-0.39, 0.29) is 0 Å². The Balaban J connectivity index is 1.36. The summed E-state index contributed by atoms with van der Waals surface area (Å²) in [5, 5.41) is 4.82. The molecule has 5 nitrogen and oxygen atoms in total. The van der Waals surface area contributed by atoms with Crippen molar-refractivity contribution in [1.29, 1.82) is 0 Å². The van der Waals surface area contributed by atoms with E-state index in [2.05, 4.69) is 46.4 Å². The van der Waals surface area contributed by atoms with Gasteiger partial charge < -0.3 is 24.7 Å². The minimum atomic E-state index is 0.663. The van der Waals surface area contributed by atoms with E-state index in [4.69, 9.17) is 9.47 Å². The van der Waals surface area contributed by atoms with Gasteiger partial charge >= 0.3 is 0 Å². The molecule has 2 fully saturated rings. The molecule has 2 N–H and O–H groups in total. The van der Waals surface area contributed by atoms with Crippen molar-refractivity contribution in [1.82, 2.24) is 15.2 Å². The van der Waals surface area contributed by atoms with E-state index in [9.17, 15) is 0 Å². The SMILES string of the molecule is COc1ccc(-c2[nH]c3ccc(C4CCN(C5CCNCC5)CC4)cc3c2C)cc1OC. The summed E-state index contributed by atoms with van der Waals surface area (Å²) in [5.74, 6) is 2.17. The predicted octanol–water partition coefficient (Wildman–Crippen LogP) is 5.09. The Morgan fingerprint density at radius 2 is 1.62 bits per heavy atom. The smallest absolute Gasteiger partial charge is 0.161 e. The molecule has 32 heavy (non-hydrogen) atoms.